The molecule has 0 spiro atoms. The van der Waals surface area contributed by atoms with E-state index < -0.39 is 72.3 Å². The first kappa shape index (κ1) is 103. The number of carbonyl (C=O) groups is 5. The third-order valence-corrected chi connectivity index (χ3v) is 21.3. The number of phosphoric acid groups is 2. The van der Waals surface area contributed by atoms with Crippen molar-refractivity contribution < 1.29 is 89.4 Å². The van der Waals surface area contributed by atoms with Gasteiger partial charge in [-0.15, -0.1) is 0 Å². The Morgan fingerprint density at radius 2 is 0.481 bits per heavy atom. The van der Waals surface area contributed by atoms with Crippen molar-refractivity contribution >= 4 is 45.6 Å². The topological polar surface area (TPSA) is 276 Å². The molecule has 2 amide bonds. The third kappa shape index (κ3) is 74.1. The number of carbonyl (C=O) groups excluding carboxylic acids is 5. The zero-order chi connectivity index (χ0) is 77.8. The van der Waals surface area contributed by atoms with Crippen LogP contribution in [0.25, 0.3) is 0 Å². The first-order valence-electron chi connectivity index (χ1n) is 43.7. The largest absolute Gasteiger partial charge is 0.472 e. The number of ether oxygens (including phenoxy) is 6. The van der Waals surface area contributed by atoms with Crippen LogP contribution in [0.15, 0.2) is 0 Å². The lowest BCUT2D eigenvalue weighted by Gasteiger charge is -2.21. The van der Waals surface area contributed by atoms with Crippen LogP contribution in [0.2, 0.25) is 0 Å². The van der Waals surface area contributed by atoms with Crippen LogP contribution in [0, 0.1) is 0 Å². The number of urea groups is 1. The minimum absolute atomic E-state index is 0.144. The molecule has 0 saturated carbocycles. The average Bonchev–Trinajstić information content (AvgIpc) is 0.919. The van der Waals surface area contributed by atoms with Crippen LogP contribution in [0.4, 0.5) is 4.79 Å². The quantitative estimate of drug-likeness (QED) is 0.0191. The molecular weight excluding hydrogens is 1390 g/mol. The van der Waals surface area contributed by atoms with Crippen molar-refractivity contribution in [2.45, 2.75) is 438 Å². The fourth-order valence-corrected chi connectivity index (χ4v) is 14.2. The van der Waals surface area contributed by atoms with Crippen molar-refractivity contribution in [3.05, 3.63) is 0 Å². The molecule has 0 bridgehead atoms. The zero-order valence-corrected chi connectivity index (χ0v) is 70.4. The van der Waals surface area contributed by atoms with Crippen molar-refractivity contribution in [2.24, 2.45) is 0 Å². The second-order valence-corrected chi connectivity index (χ2v) is 32.6. The van der Waals surface area contributed by atoms with Gasteiger partial charge in [-0.25, -0.2) is 13.9 Å². The van der Waals surface area contributed by atoms with Crippen LogP contribution >= 0.6 is 15.6 Å². The number of phosphoric ester groups is 2. The van der Waals surface area contributed by atoms with Gasteiger partial charge in [0, 0.05) is 51.6 Å². The molecule has 6 atom stereocenters. The highest BCUT2D eigenvalue weighted by Crippen LogP contribution is 2.44. The molecule has 23 heteroatoms. The van der Waals surface area contributed by atoms with Crippen LogP contribution in [0.1, 0.15) is 414 Å². The molecule has 0 aromatic carbocycles. The van der Waals surface area contributed by atoms with Crippen LogP contribution in [-0.2, 0) is 74.8 Å². The fraction of sp³-hybridized carbons (Fsp3) is 0.940. The lowest BCUT2D eigenvalue weighted by molar-refractivity contribution is -0.156. The summed E-state index contributed by atoms with van der Waals surface area (Å²) in [6.45, 7) is 10.9. The highest BCUT2D eigenvalue weighted by molar-refractivity contribution is 7.47. The first-order valence-corrected chi connectivity index (χ1v) is 46.7. The Kier molecular flexibility index (Phi) is 75.6. The van der Waals surface area contributed by atoms with Gasteiger partial charge in [0.25, 0.3) is 0 Å². The summed E-state index contributed by atoms with van der Waals surface area (Å²) in [5, 5.41) is 4.95. The Labute approximate surface area is 646 Å². The van der Waals surface area contributed by atoms with Gasteiger partial charge in [-0.2, -0.15) is 0 Å². The maximum absolute atomic E-state index is 13.2. The molecule has 106 heavy (non-hydrogen) atoms. The Bertz CT molecular complexity index is 1960. The monoisotopic (exact) mass is 1550 g/mol. The molecule has 0 rings (SSSR count). The first-order chi connectivity index (χ1) is 51.5. The Hall–Kier alpha value is -2.71. The van der Waals surface area contributed by atoms with E-state index in [0.29, 0.717) is 51.4 Å². The second kappa shape index (κ2) is 77.6. The van der Waals surface area contributed by atoms with Gasteiger partial charge in [-0.1, -0.05) is 324 Å². The van der Waals surface area contributed by atoms with E-state index >= 15 is 0 Å². The number of amides is 2. The van der Waals surface area contributed by atoms with Crippen molar-refractivity contribution in [3.63, 3.8) is 0 Å². The van der Waals surface area contributed by atoms with Crippen LogP contribution < -0.4 is 10.6 Å². The van der Waals surface area contributed by atoms with Crippen molar-refractivity contribution in [1.29, 1.82) is 0 Å². The molecule has 0 aliphatic heterocycles. The van der Waals surface area contributed by atoms with E-state index in [4.69, 9.17) is 46.5 Å². The number of hydrogen-bond donors (Lipinski definition) is 4. The lowest BCUT2D eigenvalue weighted by atomic mass is 10.1. The molecule has 0 saturated heterocycles. The van der Waals surface area contributed by atoms with E-state index in [2.05, 4.69) is 52.2 Å². The molecule has 0 aromatic heterocycles. The van der Waals surface area contributed by atoms with Gasteiger partial charge in [0.1, 0.15) is 24.4 Å². The molecule has 628 valence electrons. The molecule has 4 N–H and O–H groups in total. The summed E-state index contributed by atoms with van der Waals surface area (Å²) in [7, 11) is -9.49. The summed E-state index contributed by atoms with van der Waals surface area (Å²) in [6, 6.07) is -0.738. The Balaban J connectivity index is 5.56. The SMILES string of the molecule is CCCCCCCCCCCCCC(=O)O[C@@H](COCC[C@@H](CCCCCCC)OC(=O)CCCCCCCCCCC)COP(=O)(O)OCCNC(=O)NCCOP(=O)(O)OC[C@H](COCC[C@@H](CCCCCCC)OC(=O)CCCCCCCCCCC)OC(=O)CCCCCCCCCCCCC. The Morgan fingerprint density at radius 3 is 0.726 bits per heavy atom. The summed E-state index contributed by atoms with van der Waals surface area (Å²) in [6.07, 6.45) is 56.8. The molecule has 0 radical (unpaired) electrons. The maximum atomic E-state index is 13.2. The van der Waals surface area contributed by atoms with Crippen molar-refractivity contribution in [2.75, 3.05) is 65.9 Å². The van der Waals surface area contributed by atoms with Gasteiger partial charge in [0.2, 0.25) is 0 Å². The summed E-state index contributed by atoms with van der Waals surface area (Å²) < 4.78 is 82.8. The minimum atomic E-state index is -4.75. The summed E-state index contributed by atoms with van der Waals surface area (Å²) >= 11 is 0. The highest BCUT2D eigenvalue weighted by atomic mass is 31.2. The number of hydrogen-bond acceptors (Lipinski definition) is 17. The smallest absolute Gasteiger partial charge is 0.462 e. The number of unbranched alkanes of at least 4 members (excludes halogenated alkanes) is 44. The normalized spacial score (nSPS) is 13.9. The van der Waals surface area contributed by atoms with E-state index in [9.17, 15) is 42.9 Å². The Morgan fingerprint density at radius 1 is 0.264 bits per heavy atom. The van der Waals surface area contributed by atoms with Gasteiger partial charge < -0.3 is 48.8 Å². The van der Waals surface area contributed by atoms with E-state index in [1.54, 1.807) is 0 Å². The van der Waals surface area contributed by atoms with Gasteiger partial charge in [-0.05, 0) is 51.4 Å². The highest BCUT2D eigenvalue weighted by Gasteiger charge is 2.28. The maximum Gasteiger partial charge on any atom is 0.472 e. The molecule has 0 aliphatic rings. The van der Waals surface area contributed by atoms with Crippen molar-refractivity contribution in [1.82, 2.24) is 10.6 Å². The van der Waals surface area contributed by atoms with E-state index in [-0.39, 0.29) is 76.5 Å². The van der Waals surface area contributed by atoms with Gasteiger partial charge >= 0.3 is 45.6 Å². The lowest BCUT2D eigenvalue weighted by Crippen LogP contribution is -2.38. The van der Waals surface area contributed by atoms with Crippen LogP contribution in [0.5, 0.6) is 0 Å². The molecule has 21 nitrogen and oxygen atoms in total. The predicted molar refractivity (Wildman–Crippen MR) is 428 cm³/mol. The van der Waals surface area contributed by atoms with Gasteiger partial charge in [-0.3, -0.25) is 37.3 Å². The zero-order valence-electron chi connectivity index (χ0n) is 68.6. The van der Waals surface area contributed by atoms with E-state index in [0.717, 1.165) is 141 Å². The van der Waals surface area contributed by atoms with E-state index in [1.165, 1.54) is 167 Å². The number of esters is 4. The van der Waals surface area contributed by atoms with Crippen LogP contribution in [0.3, 0.4) is 0 Å². The summed E-state index contributed by atoms with van der Waals surface area (Å²) in [5.41, 5.74) is 0. The third-order valence-electron chi connectivity index (χ3n) is 19.3. The number of rotatable bonds is 84. The molecular formula is C83H162N2O19P2. The average molecular weight is 1550 g/mol. The van der Waals surface area contributed by atoms with Gasteiger partial charge in [0.15, 0.2) is 0 Å². The van der Waals surface area contributed by atoms with Crippen LogP contribution in [-0.4, -0.2) is 130 Å². The molecule has 0 aromatic rings. The second-order valence-electron chi connectivity index (χ2n) is 29.7. The summed E-state index contributed by atoms with van der Waals surface area (Å²) in [4.78, 5) is 86.5. The van der Waals surface area contributed by atoms with Gasteiger partial charge in [0.05, 0.1) is 52.9 Å². The fourth-order valence-electron chi connectivity index (χ4n) is 12.7. The molecule has 0 heterocycles. The van der Waals surface area contributed by atoms with Crippen molar-refractivity contribution in [3.8, 4) is 0 Å². The standard InChI is InChI=1S/C83H162N2O19P2/c1-7-13-19-25-29-33-35-39-43-49-55-61-81(88)103-77(71-95-67-63-75(57-51-45-23-17-11-5)101-79(86)59-53-47-41-37-31-27-21-15-9-3)73-99-105(91,92)97-69-65-84-83(90)85-66-70-98-106(93,94)100-74-78(104-82(89)62-56-50-44-40-36-34-30-26-20-14-8-2)72-96-68-64-76(58-52-46-24-18-12-6)102-80(87)60-54-48-42-38-32-28-22-16-10-4/h75-78H,7-74H2,1-6H3,(H,91,92)(H,93,94)(H2,84,85,90)/t75-,76-,77+,78+/m1/s1. The summed E-state index contributed by atoms with van der Waals surface area (Å²) in [5.74, 6) is -1.38. The molecule has 0 fully saturated rings. The predicted octanol–water partition coefficient (Wildman–Crippen LogP) is 23.0. The molecule has 2 unspecified atom stereocenters. The number of nitrogens with one attached hydrogen (secondary N) is 2. The minimum Gasteiger partial charge on any atom is -0.462 e. The van der Waals surface area contributed by atoms with E-state index in [1.807, 2.05) is 0 Å². The molecule has 0 aliphatic carbocycles.